The summed E-state index contributed by atoms with van der Waals surface area (Å²) in [6.07, 6.45) is 2.66. The Morgan fingerprint density at radius 2 is 1.22 bits per heavy atom. The molecule has 0 spiro atoms. The van der Waals surface area contributed by atoms with Crippen molar-refractivity contribution in [3.63, 3.8) is 0 Å². The van der Waals surface area contributed by atoms with Gasteiger partial charge in [-0.05, 0) is 88.1 Å². The van der Waals surface area contributed by atoms with Gasteiger partial charge in [0.15, 0.2) is 0 Å². The minimum Gasteiger partial charge on any atom is -0.456 e. The molecule has 4 nitrogen and oxygen atoms in total. The Balaban J connectivity index is 1.02. The van der Waals surface area contributed by atoms with E-state index in [0.29, 0.717) is 6.42 Å². The predicted molar refractivity (Wildman–Crippen MR) is 231 cm³/mol. The number of hydrogen-bond acceptors (Lipinski definition) is 4. The van der Waals surface area contributed by atoms with Gasteiger partial charge in [-0.25, -0.2) is 0 Å². The number of aliphatic imine (C=N–C) groups is 2. The van der Waals surface area contributed by atoms with Crippen molar-refractivity contribution in [1.82, 2.24) is 4.57 Å². The molecule has 0 saturated carbocycles. The molecule has 0 bridgehead atoms. The lowest BCUT2D eigenvalue weighted by Crippen LogP contribution is -1.92. The van der Waals surface area contributed by atoms with Crippen molar-refractivity contribution in [3.05, 3.63) is 163 Å². The van der Waals surface area contributed by atoms with Gasteiger partial charge in [-0.15, -0.1) is 11.3 Å². The number of fused-ring (bicyclic) bond motifs is 12. The molecule has 0 saturated heterocycles. The van der Waals surface area contributed by atoms with Gasteiger partial charge in [0.2, 0.25) is 0 Å². The Morgan fingerprint density at radius 1 is 0.556 bits per heavy atom. The number of para-hydroxylation sites is 2. The van der Waals surface area contributed by atoms with Gasteiger partial charge in [0.1, 0.15) is 21.9 Å². The lowest BCUT2D eigenvalue weighted by molar-refractivity contribution is 0.669. The van der Waals surface area contributed by atoms with Crippen LogP contribution < -0.4 is 0 Å². The first-order valence-corrected chi connectivity index (χ1v) is 19.0. The Kier molecular flexibility index (Phi) is 6.91. The molecular weight excluding hydrogens is 679 g/mol. The van der Waals surface area contributed by atoms with Crippen LogP contribution in [0.25, 0.3) is 92.2 Å². The van der Waals surface area contributed by atoms with Crippen molar-refractivity contribution in [2.24, 2.45) is 9.98 Å². The maximum Gasteiger partial charge on any atom is 0.142 e. The van der Waals surface area contributed by atoms with E-state index in [2.05, 4.69) is 174 Å². The molecule has 254 valence electrons. The summed E-state index contributed by atoms with van der Waals surface area (Å²) in [6, 6.07) is 56.1. The molecule has 3 aromatic heterocycles. The van der Waals surface area contributed by atoms with Crippen LogP contribution in [0.3, 0.4) is 0 Å². The molecule has 54 heavy (non-hydrogen) atoms. The third kappa shape index (κ3) is 4.62. The second kappa shape index (κ2) is 12.1. The fraction of sp³-hybridized carbons (Fsp3) is 0.0204. The molecule has 0 aliphatic heterocycles. The number of nitrogens with zero attached hydrogens (tertiary/aromatic N) is 3. The summed E-state index contributed by atoms with van der Waals surface area (Å²) >= 11 is 1.66. The highest BCUT2D eigenvalue weighted by Crippen LogP contribution is 2.50. The van der Waals surface area contributed by atoms with Crippen molar-refractivity contribution in [1.29, 1.82) is 0 Å². The highest BCUT2D eigenvalue weighted by atomic mass is 32.1. The molecule has 3 heterocycles. The van der Waals surface area contributed by atoms with Crippen LogP contribution in [-0.4, -0.2) is 17.5 Å². The van der Waals surface area contributed by atoms with E-state index in [1.807, 2.05) is 6.21 Å². The zero-order chi connectivity index (χ0) is 35.8. The van der Waals surface area contributed by atoms with E-state index in [1.165, 1.54) is 53.6 Å². The van der Waals surface area contributed by atoms with Crippen LogP contribution in [0.1, 0.15) is 5.56 Å². The number of benzene rings is 8. The van der Waals surface area contributed by atoms with E-state index in [9.17, 15) is 0 Å². The molecule has 5 heteroatoms. The van der Waals surface area contributed by atoms with E-state index < -0.39 is 0 Å². The van der Waals surface area contributed by atoms with Crippen LogP contribution in [-0.2, 0) is 6.42 Å². The van der Waals surface area contributed by atoms with Crippen molar-refractivity contribution >= 4 is 110 Å². The Morgan fingerprint density at radius 3 is 2.04 bits per heavy atom. The SMILES string of the molecule is C=Nc1sc2c3ccccc3c3ccccc3c2c1N=CCc1cccc2oc3ccc(-c4ccc5c(c4)c4ccccc4n5-c4ccccc4)cc3c12. The minimum atomic E-state index is 0.639. The quantitative estimate of drug-likeness (QED) is 0.125. The van der Waals surface area contributed by atoms with Crippen molar-refractivity contribution in [2.75, 3.05) is 0 Å². The molecule has 0 amide bonds. The van der Waals surface area contributed by atoms with E-state index in [1.54, 1.807) is 11.3 Å². The topological polar surface area (TPSA) is 42.8 Å². The van der Waals surface area contributed by atoms with Gasteiger partial charge >= 0.3 is 0 Å². The minimum absolute atomic E-state index is 0.639. The summed E-state index contributed by atoms with van der Waals surface area (Å²) in [7, 11) is 0. The molecule has 0 radical (unpaired) electrons. The van der Waals surface area contributed by atoms with Crippen molar-refractivity contribution < 1.29 is 4.42 Å². The average Bonchev–Trinajstić information content (AvgIpc) is 3.91. The van der Waals surface area contributed by atoms with Gasteiger partial charge in [0.05, 0.1) is 11.0 Å². The first-order chi connectivity index (χ1) is 26.7. The largest absolute Gasteiger partial charge is 0.456 e. The molecule has 11 aromatic rings. The lowest BCUT2D eigenvalue weighted by Gasteiger charge is -2.08. The third-order valence-electron chi connectivity index (χ3n) is 10.8. The fourth-order valence-electron chi connectivity index (χ4n) is 8.42. The van der Waals surface area contributed by atoms with Crippen LogP contribution in [0, 0.1) is 0 Å². The van der Waals surface area contributed by atoms with Crippen molar-refractivity contribution in [3.8, 4) is 16.8 Å². The number of hydrogen-bond donors (Lipinski definition) is 0. The summed E-state index contributed by atoms with van der Waals surface area (Å²) in [6.45, 7) is 3.93. The Hall–Kier alpha value is -6.82. The second-order valence-corrected chi connectivity index (χ2v) is 14.7. The van der Waals surface area contributed by atoms with E-state index in [-0.39, 0.29) is 0 Å². The van der Waals surface area contributed by atoms with Gasteiger partial charge in [-0.1, -0.05) is 109 Å². The molecule has 11 rings (SSSR count). The zero-order valence-electron chi connectivity index (χ0n) is 29.2. The highest BCUT2D eigenvalue weighted by Gasteiger charge is 2.19. The smallest absolute Gasteiger partial charge is 0.142 e. The van der Waals surface area contributed by atoms with E-state index in [0.717, 1.165) is 54.8 Å². The average molecular weight is 710 g/mol. The highest BCUT2D eigenvalue weighted by molar-refractivity contribution is 7.24. The van der Waals surface area contributed by atoms with Crippen LogP contribution in [0.5, 0.6) is 0 Å². The maximum atomic E-state index is 6.43. The summed E-state index contributed by atoms with van der Waals surface area (Å²) in [5.74, 6) is 0. The van der Waals surface area contributed by atoms with E-state index >= 15 is 0 Å². The molecule has 0 N–H and O–H groups in total. The van der Waals surface area contributed by atoms with E-state index in [4.69, 9.17) is 9.41 Å². The summed E-state index contributed by atoms with van der Waals surface area (Å²) in [5.41, 5.74) is 9.66. The van der Waals surface area contributed by atoms with Crippen LogP contribution in [0.4, 0.5) is 10.7 Å². The molecule has 0 atom stereocenters. The lowest BCUT2D eigenvalue weighted by atomic mass is 9.98. The zero-order valence-corrected chi connectivity index (χ0v) is 30.0. The van der Waals surface area contributed by atoms with Gasteiger partial charge in [-0.3, -0.25) is 9.98 Å². The van der Waals surface area contributed by atoms with Gasteiger partial charge in [0.25, 0.3) is 0 Å². The second-order valence-electron chi connectivity index (χ2n) is 13.7. The molecule has 8 aromatic carbocycles. The van der Waals surface area contributed by atoms with Gasteiger partial charge < -0.3 is 8.98 Å². The monoisotopic (exact) mass is 709 g/mol. The first kappa shape index (κ1) is 30.8. The molecular formula is C49H31N3OS. The first-order valence-electron chi connectivity index (χ1n) is 18.1. The number of thiophene rings is 1. The van der Waals surface area contributed by atoms with Crippen molar-refractivity contribution in [2.45, 2.75) is 6.42 Å². The Bertz CT molecular complexity index is 3330. The third-order valence-corrected chi connectivity index (χ3v) is 11.9. The standard InChI is InChI=1S/C49H31N3OS/c1-50-49-47(46-37-18-7-5-15-34(37)35-16-6-8-19-38(35)48(46)54-49)51-27-26-30-12-11-21-44-45(30)40-29-32(23-25-43(40)53-44)31-22-24-42-39(28-31)36-17-9-10-20-41(36)52(42)33-13-3-2-4-14-33/h2-25,27-29H,1,26H2. The number of aromatic nitrogens is 1. The molecule has 0 aliphatic carbocycles. The predicted octanol–water partition coefficient (Wildman–Crippen LogP) is 14.1. The van der Waals surface area contributed by atoms with Gasteiger partial charge in [0, 0.05) is 55.3 Å². The summed E-state index contributed by atoms with van der Waals surface area (Å²) in [5, 5.41) is 11.5. The maximum absolute atomic E-state index is 6.43. The summed E-state index contributed by atoms with van der Waals surface area (Å²) < 4.78 is 9.98. The van der Waals surface area contributed by atoms with Crippen LogP contribution >= 0.6 is 11.3 Å². The number of furan rings is 1. The van der Waals surface area contributed by atoms with Crippen LogP contribution in [0.2, 0.25) is 0 Å². The summed E-state index contributed by atoms with van der Waals surface area (Å²) in [4.78, 5) is 9.61. The van der Waals surface area contributed by atoms with Gasteiger partial charge in [-0.2, -0.15) is 0 Å². The Labute approximate surface area is 314 Å². The van der Waals surface area contributed by atoms with Crippen LogP contribution in [0.15, 0.2) is 172 Å². The molecule has 0 unspecified atom stereocenters. The molecule has 0 aliphatic rings. The fourth-order valence-corrected chi connectivity index (χ4v) is 9.53. The number of rotatable bonds is 6. The molecule has 0 fully saturated rings. The normalized spacial score (nSPS) is 12.1.